The molecule has 0 saturated heterocycles. The molecule has 2 aliphatic heterocycles. The highest BCUT2D eigenvalue weighted by Crippen LogP contribution is 2.42. The van der Waals surface area contributed by atoms with Crippen molar-refractivity contribution < 1.29 is 9.59 Å². The van der Waals surface area contributed by atoms with E-state index >= 15 is 0 Å². The van der Waals surface area contributed by atoms with Gasteiger partial charge in [0.15, 0.2) is 0 Å². The van der Waals surface area contributed by atoms with Crippen LogP contribution in [-0.2, 0) is 9.59 Å². The van der Waals surface area contributed by atoms with Gasteiger partial charge < -0.3 is 0 Å². The maximum absolute atomic E-state index is 12.9. The van der Waals surface area contributed by atoms with E-state index in [1.807, 2.05) is 66.9 Å². The number of rotatable bonds is 2. The number of hydrazone groups is 1. The topological polar surface area (TPSA) is 53.0 Å². The summed E-state index contributed by atoms with van der Waals surface area (Å²) in [4.78, 5) is 27.4. The summed E-state index contributed by atoms with van der Waals surface area (Å²) >= 11 is 0. The Labute approximate surface area is 151 Å². The molecular formula is C21H17N3O2. The summed E-state index contributed by atoms with van der Waals surface area (Å²) < 4.78 is 0. The molecule has 26 heavy (non-hydrogen) atoms. The molecule has 128 valence electrons. The fraction of sp³-hybridized carbons (Fsp3) is 0.190. The number of nitrogens with zero attached hydrogens (tertiary/aromatic N) is 3. The van der Waals surface area contributed by atoms with E-state index in [9.17, 15) is 9.59 Å². The van der Waals surface area contributed by atoms with Crippen molar-refractivity contribution in [2.24, 2.45) is 16.9 Å². The van der Waals surface area contributed by atoms with Gasteiger partial charge in [0.25, 0.3) is 5.91 Å². The number of para-hydroxylation sites is 2. The first kappa shape index (κ1) is 15.1. The number of fused-ring (bicyclic) bond motifs is 2. The summed E-state index contributed by atoms with van der Waals surface area (Å²) in [5.41, 5.74) is 3.50. The average molecular weight is 343 g/mol. The largest absolute Gasteiger partial charge is 0.287 e. The molecule has 1 fully saturated rings. The zero-order valence-corrected chi connectivity index (χ0v) is 14.1. The van der Waals surface area contributed by atoms with Crippen molar-refractivity contribution in [1.29, 1.82) is 0 Å². The predicted octanol–water partition coefficient (Wildman–Crippen LogP) is 3.35. The summed E-state index contributed by atoms with van der Waals surface area (Å²) in [6.45, 7) is 0. The third-order valence-corrected chi connectivity index (χ3v) is 5.30. The number of amides is 2. The third-order valence-electron chi connectivity index (χ3n) is 5.30. The minimum Gasteiger partial charge on any atom is -0.287 e. The van der Waals surface area contributed by atoms with Crippen LogP contribution >= 0.6 is 0 Å². The van der Waals surface area contributed by atoms with Gasteiger partial charge >= 0.3 is 0 Å². The number of anilines is 2. The van der Waals surface area contributed by atoms with Gasteiger partial charge in [0, 0.05) is 18.3 Å². The van der Waals surface area contributed by atoms with Gasteiger partial charge in [-0.3, -0.25) is 14.5 Å². The fourth-order valence-corrected chi connectivity index (χ4v) is 3.97. The van der Waals surface area contributed by atoms with E-state index in [1.165, 1.54) is 5.01 Å². The molecule has 5 heteroatoms. The van der Waals surface area contributed by atoms with Crippen molar-refractivity contribution in [3.63, 3.8) is 0 Å². The smallest absolute Gasteiger partial charge is 0.256 e. The molecule has 3 aliphatic rings. The minimum atomic E-state index is -0.249. The van der Waals surface area contributed by atoms with Crippen LogP contribution in [0.1, 0.15) is 12.8 Å². The summed E-state index contributed by atoms with van der Waals surface area (Å²) in [6.07, 6.45) is 3.01. The molecule has 0 aromatic heterocycles. The molecule has 0 unspecified atom stereocenters. The highest BCUT2D eigenvalue weighted by Gasteiger charge is 2.47. The maximum atomic E-state index is 12.9. The lowest BCUT2D eigenvalue weighted by molar-refractivity contribution is -0.121. The van der Waals surface area contributed by atoms with Crippen LogP contribution in [0.3, 0.4) is 0 Å². The van der Waals surface area contributed by atoms with Crippen LogP contribution in [0.25, 0.3) is 0 Å². The van der Waals surface area contributed by atoms with Crippen molar-refractivity contribution >= 4 is 28.9 Å². The molecule has 0 spiro atoms. The zero-order chi connectivity index (χ0) is 17.7. The van der Waals surface area contributed by atoms with Crippen LogP contribution in [-0.4, -0.2) is 17.5 Å². The van der Waals surface area contributed by atoms with Crippen LogP contribution in [0, 0.1) is 11.8 Å². The standard InChI is InChI=1S/C21H17N3O2/c25-20-17-12-19-18(21(26)24(22-19)16-9-5-2-6-10-16)11-14(17)13-23(20)15-7-3-1-4-8-15/h1-10,13,17-18H,11-12H2/t17-,18+/m0/s1. The van der Waals surface area contributed by atoms with Crippen molar-refractivity contribution in [3.8, 4) is 0 Å². The second kappa shape index (κ2) is 5.66. The molecule has 1 aliphatic carbocycles. The molecule has 0 N–H and O–H groups in total. The molecular weight excluding hydrogens is 326 g/mol. The quantitative estimate of drug-likeness (QED) is 0.840. The van der Waals surface area contributed by atoms with Gasteiger partial charge in [-0.1, -0.05) is 36.4 Å². The van der Waals surface area contributed by atoms with Crippen molar-refractivity contribution in [2.75, 3.05) is 9.91 Å². The second-order valence-electron chi connectivity index (χ2n) is 6.84. The van der Waals surface area contributed by atoms with Gasteiger partial charge in [-0.2, -0.15) is 5.10 Å². The Balaban J connectivity index is 1.44. The number of hydrogen-bond acceptors (Lipinski definition) is 3. The van der Waals surface area contributed by atoms with E-state index in [2.05, 4.69) is 5.10 Å². The lowest BCUT2D eigenvalue weighted by atomic mass is 9.78. The van der Waals surface area contributed by atoms with E-state index in [0.717, 1.165) is 22.7 Å². The SMILES string of the molecule is O=C1[C@H]2CC3=NN(c4ccccc4)C(=O)[C@@H]3CC2=CN1c1ccccc1. The average Bonchev–Trinajstić information content (AvgIpc) is 3.19. The molecule has 5 nitrogen and oxygen atoms in total. The summed E-state index contributed by atoms with van der Waals surface area (Å²) in [6, 6.07) is 19.1. The van der Waals surface area contributed by atoms with Crippen molar-refractivity contribution in [1.82, 2.24) is 0 Å². The number of carbonyl (C=O) groups is 2. The molecule has 2 aromatic carbocycles. The molecule has 2 heterocycles. The Morgan fingerprint density at radius 2 is 1.42 bits per heavy atom. The Morgan fingerprint density at radius 1 is 0.769 bits per heavy atom. The third kappa shape index (κ3) is 2.20. The first-order valence-corrected chi connectivity index (χ1v) is 8.77. The van der Waals surface area contributed by atoms with Gasteiger partial charge in [0.05, 0.1) is 23.2 Å². The van der Waals surface area contributed by atoms with E-state index in [1.54, 1.807) is 4.90 Å². The lowest BCUT2D eigenvalue weighted by Gasteiger charge is -2.23. The van der Waals surface area contributed by atoms with Crippen LogP contribution < -0.4 is 9.91 Å². The van der Waals surface area contributed by atoms with Crippen LogP contribution in [0.5, 0.6) is 0 Å². The van der Waals surface area contributed by atoms with Crippen molar-refractivity contribution in [2.45, 2.75) is 12.8 Å². The summed E-state index contributed by atoms with van der Waals surface area (Å²) in [5, 5.41) is 6.04. The zero-order valence-electron chi connectivity index (χ0n) is 14.1. The van der Waals surface area contributed by atoms with Crippen LogP contribution in [0.4, 0.5) is 11.4 Å². The Hall–Kier alpha value is -3.21. The normalized spacial score (nSPS) is 24.3. The number of carbonyl (C=O) groups excluding carboxylic acids is 2. The first-order valence-electron chi connectivity index (χ1n) is 8.77. The lowest BCUT2D eigenvalue weighted by Crippen LogP contribution is -2.34. The van der Waals surface area contributed by atoms with E-state index in [-0.39, 0.29) is 23.7 Å². The molecule has 0 radical (unpaired) electrons. The number of benzene rings is 2. The van der Waals surface area contributed by atoms with Gasteiger partial charge in [0.1, 0.15) is 0 Å². The molecule has 2 amide bonds. The summed E-state index contributed by atoms with van der Waals surface area (Å²) in [5.74, 6) is -0.385. The Morgan fingerprint density at radius 3 is 2.12 bits per heavy atom. The highest BCUT2D eigenvalue weighted by molar-refractivity contribution is 6.18. The minimum absolute atomic E-state index is 0.00356. The fourth-order valence-electron chi connectivity index (χ4n) is 3.97. The number of hydrogen-bond donors (Lipinski definition) is 0. The van der Waals surface area contributed by atoms with E-state index in [4.69, 9.17) is 0 Å². The van der Waals surface area contributed by atoms with Gasteiger partial charge in [-0.25, -0.2) is 5.01 Å². The van der Waals surface area contributed by atoms with E-state index < -0.39 is 0 Å². The van der Waals surface area contributed by atoms with Crippen LogP contribution in [0.2, 0.25) is 0 Å². The Bertz CT molecular complexity index is 870. The molecule has 0 bridgehead atoms. The first-order chi connectivity index (χ1) is 12.7. The molecule has 1 saturated carbocycles. The summed E-state index contributed by atoms with van der Waals surface area (Å²) in [7, 11) is 0. The van der Waals surface area contributed by atoms with Crippen LogP contribution in [0.15, 0.2) is 77.5 Å². The second-order valence-corrected chi connectivity index (χ2v) is 6.84. The van der Waals surface area contributed by atoms with Crippen molar-refractivity contribution in [3.05, 3.63) is 72.4 Å². The molecule has 5 rings (SSSR count). The van der Waals surface area contributed by atoms with E-state index in [0.29, 0.717) is 12.8 Å². The predicted molar refractivity (Wildman–Crippen MR) is 99.6 cm³/mol. The molecule has 2 aromatic rings. The van der Waals surface area contributed by atoms with Gasteiger partial charge in [-0.15, -0.1) is 0 Å². The van der Waals surface area contributed by atoms with Gasteiger partial charge in [0.2, 0.25) is 5.91 Å². The monoisotopic (exact) mass is 343 g/mol. The highest BCUT2D eigenvalue weighted by atomic mass is 16.2. The molecule has 2 atom stereocenters. The Kier molecular flexibility index (Phi) is 3.28. The maximum Gasteiger partial charge on any atom is 0.256 e. The van der Waals surface area contributed by atoms with Gasteiger partial charge in [-0.05, 0) is 36.3 Å².